The van der Waals surface area contributed by atoms with Crippen molar-refractivity contribution in [2.75, 3.05) is 7.05 Å². The van der Waals surface area contributed by atoms with Crippen LogP contribution in [-0.2, 0) is 13.0 Å². The smallest absolute Gasteiger partial charge is 0.254 e. The minimum absolute atomic E-state index is 0.107. The predicted octanol–water partition coefficient (Wildman–Crippen LogP) is 6.34. The zero-order chi connectivity index (χ0) is 28.4. The third-order valence-corrected chi connectivity index (χ3v) is 7.13. The van der Waals surface area contributed by atoms with Crippen molar-refractivity contribution in [3.8, 4) is 11.1 Å². The average molecular weight is 544 g/mol. The number of carbonyl (C=O) groups is 1. The highest BCUT2D eigenvalue weighted by Gasteiger charge is 2.33. The molecular weight excluding hydrogens is 515 g/mol. The van der Waals surface area contributed by atoms with E-state index in [0.29, 0.717) is 41.2 Å². The maximum atomic E-state index is 14.9. The highest BCUT2D eigenvalue weighted by molar-refractivity contribution is 5.95. The van der Waals surface area contributed by atoms with Gasteiger partial charge >= 0.3 is 0 Å². The lowest BCUT2D eigenvalue weighted by Gasteiger charge is -2.20. The topological polar surface area (TPSA) is 64.9 Å². The quantitative estimate of drug-likeness (QED) is 0.220. The Morgan fingerprint density at radius 3 is 2.42 bits per heavy atom. The van der Waals surface area contributed by atoms with Gasteiger partial charge in [-0.15, -0.1) is 0 Å². The van der Waals surface area contributed by atoms with Crippen molar-refractivity contribution in [3.63, 3.8) is 0 Å². The van der Waals surface area contributed by atoms with Gasteiger partial charge in [0.15, 0.2) is 11.6 Å². The maximum absolute atomic E-state index is 14.9. The molecule has 0 radical (unpaired) electrons. The van der Waals surface area contributed by atoms with Gasteiger partial charge in [-0.3, -0.25) is 4.79 Å². The van der Waals surface area contributed by atoms with Crippen LogP contribution in [0.1, 0.15) is 40.0 Å². The number of aliphatic hydroxyl groups excluding tert-OH is 1. The molecule has 0 heterocycles. The SMILES string of the molecule is C/C(=N\c1ccc2c(c1)[C@@H](NC(=O)c1ccc(-c3ccccc3)cc1F)[C@H](O)C2)N(C)Cc1ccc(F)c(F)c1. The number of nitrogens with one attached hydrogen (secondary N) is 1. The van der Waals surface area contributed by atoms with E-state index in [1.54, 1.807) is 31.0 Å². The Bertz CT molecular complexity index is 1590. The molecule has 4 aromatic rings. The number of amidine groups is 1. The summed E-state index contributed by atoms with van der Waals surface area (Å²) >= 11 is 0. The first-order valence-corrected chi connectivity index (χ1v) is 12.9. The van der Waals surface area contributed by atoms with Crippen LogP contribution in [0.25, 0.3) is 11.1 Å². The van der Waals surface area contributed by atoms with Crippen molar-refractivity contribution >= 4 is 17.4 Å². The second-order valence-electron chi connectivity index (χ2n) is 9.93. The molecule has 0 saturated heterocycles. The van der Waals surface area contributed by atoms with E-state index in [0.717, 1.165) is 23.3 Å². The van der Waals surface area contributed by atoms with Gasteiger partial charge < -0.3 is 15.3 Å². The van der Waals surface area contributed by atoms with Crippen LogP contribution in [0.2, 0.25) is 0 Å². The summed E-state index contributed by atoms with van der Waals surface area (Å²) in [7, 11) is 1.79. The molecule has 0 aliphatic heterocycles. The van der Waals surface area contributed by atoms with Gasteiger partial charge in [-0.2, -0.15) is 0 Å². The van der Waals surface area contributed by atoms with Crippen molar-refractivity contribution in [3.05, 3.63) is 125 Å². The van der Waals surface area contributed by atoms with Crippen molar-refractivity contribution in [2.24, 2.45) is 4.99 Å². The molecule has 1 aliphatic carbocycles. The van der Waals surface area contributed by atoms with E-state index in [4.69, 9.17) is 0 Å². The molecule has 0 bridgehead atoms. The van der Waals surface area contributed by atoms with Crippen LogP contribution in [0.3, 0.4) is 0 Å². The van der Waals surface area contributed by atoms with E-state index in [-0.39, 0.29) is 5.56 Å². The molecule has 0 spiro atoms. The number of rotatable bonds is 6. The first-order chi connectivity index (χ1) is 19.2. The molecule has 40 heavy (non-hydrogen) atoms. The monoisotopic (exact) mass is 543 g/mol. The number of amides is 1. The molecule has 0 aromatic heterocycles. The summed E-state index contributed by atoms with van der Waals surface area (Å²) in [5, 5.41) is 13.5. The van der Waals surface area contributed by atoms with Crippen LogP contribution in [-0.4, -0.2) is 34.9 Å². The van der Waals surface area contributed by atoms with Crippen molar-refractivity contribution < 1.29 is 23.1 Å². The summed E-state index contributed by atoms with van der Waals surface area (Å²) in [4.78, 5) is 19.5. The summed E-state index contributed by atoms with van der Waals surface area (Å²) in [6.07, 6.45) is -0.531. The fourth-order valence-electron chi connectivity index (χ4n) is 4.88. The van der Waals surface area contributed by atoms with Crippen LogP contribution < -0.4 is 5.32 Å². The summed E-state index contributed by atoms with van der Waals surface area (Å²) in [6.45, 7) is 2.12. The number of fused-ring (bicyclic) bond motifs is 1. The third-order valence-electron chi connectivity index (χ3n) is 7.13. The highest BCUT2D eigenvalue weighted by Crippen LogP contribution is 2.35. The minimum Gasteiger partial charge on any atom is -0.390 e. The van der Waals surface area contributed by atoms with E-state index in [2.05, 4.69) is 10.3 Å². The zero-order valence-corrected chi connectivity index (χ0v) is 22.0. The highest BCUT2D eigenvalue weighted by atomic mass is 19.2. The zero-order valence-electron chi connectivity index (χ0n) is 22.0. The van der Waals surface area contributed by atoms with Crippen LogP contribution in [0.5, 0.6) is 0 Å². The van der Waals surface area contributed by atoms with Gasteiger partial charge in [0.05, 0.1) is 23.4 Å². The van der Waals surface area contributed by atoms with Gasteiger partial charge in [-0.25, -0.2) is 18.2 Å². The van der Waals surface area contributed by atoms with Gasteiger partial charge in [-0.1, -0.05) is 48.5 Å². The fraction of sp³-hybridized carbons (Fsp3) is 0.188. The third kappa shape index (κ3) is 5.77. The number of carbonyl (C=O) groups excluding carboxylic acids is 1. The fourth-order valence-corrected chi connectivity index (χ4v) is 4.88. The molecule has 0 saturated carbocycles. The lowest BCUT2D eigenvalue weighted by atomic mass is 10.0. The van der Waals surface area contributed by atoms with E-state index in [9.17, 15) is 23.1 Å². The number of halogens is 3. The summed E-state index contributed by atoms with van der Waals surface area (Å²) in [5.41, 5.74) is 4.16. The van der Waals surface area contributed by atoms with Crippen molar-refractivity contribution in [2.45, 2.75) is 32.0 Å². The van der Waals surface area contributed by atoms with Gasteiger partial charge in [0, 0.05) is 20.0 Å². The van der Waals surface area contributed by atoms with Crippen LogP contribution in [0, 0.1) is 17.5 Å². The van der Waals surface area contributed by atoms with Crippen LogP contribution in [0.15, 0.2) is 89.9 Å². The van der Waals surface area contributed by atoms with E-state index in [1.807, 2.05) is 42.5 Å². The van der Waals surface area contributed by atoms with Gasteiger partial charge in [0.1, 0.15) is 11.7 Å². The molecule has 8 heteroatoms. The molecule has 204 valence electrons. The molecule has 4 aromatic carbocycles. The van der Waals surface area contributed by atoms with Gasteiger partial charge in [-0.05, 0) is 71.1 Å². The molecular formula is C32H28F3N3O2. The van der Waals surface area contributed by atoms with E-state index >= 15 is 0 Å². The Kier molecular flexibility index (Phi) is 7.71. The summed E-state index contributed by atoms with van der Waals surface area (Å²) in [6, 6.07) is 22.3. The van der Waals surface area contributed by atoms with Crippen LogP contribution >= 0.6 is 0 Å². The number of hydrogen-bond acceptors (Lipinski definition) is 3. The summed E-state index contributed by atoms with van der Waals surface area (Å²) < 4.78 is 41.8. The second-order valence-corrected chi connectivity index (χ2v) is 9.93. The Balaban J connectivity index is 1.32. The summed E-state index contributed by atoms with van der Waals surface area (Å²) in [5.74, 6) is -2.44. The Morgan fingerprint density at radius 2 is 1.70 bits per heavy atom. The molecule has 1 aliphatic rings. The largest absolute Gasteiger partial charge is 0.390 e. The maximum Gasteiger partial charge on any atom is 0.254 e. The number of benzene rings is 4. The van der Waals surface area contributed by atoms with Crippen molar-refractivity contribution in [1.82, 2.24) is 10.2 Å². The van der Waals surface area contributed by atoms with Gasteiger partial charge in [0.2, 0.25) is 0 Å². The van der Waals surface area contributed by atoms with Crippen LogP contribution in [0.4, 0.5) is 18.9 Å². The van der Waals surface area contributed by atoms with E-state index < -0.39 is 35.5 Å². The number of nitrogens with zero attached hydrogens (tertiary/aromatic N) is 2. The predicted molar refractivity (Wildman–Crippen MR) is 149 cm³/mol. The Labute approximate surface area is 230 Å². The standard InChI is InChI=1S/C32H28F3N3O2/c1-19(38(2)18-20-8-13-27(33)29(35)14-20)36-24-11-9-23-16-30(39)31(26(23)17-24)37-32(40)25-12-10-22(15-28(25)34)21-6-4-3-5-7-21/h3-15,17,30-31,39H,16,18H2,1-2H3,(H,37,40)/b36-19+/t30-,31-/m1/s1. The molecule has 2 atom stereocenters. The molecule has 1 amide bonds. The second kappa shape index (κ2) is 11.4. The average Bonchev–Trinajstić information content (AvgIpc) is 3.25. The van der Waals surface area contributed by atoms with Gasteiger partial charge in [0.25, 0.3) is 5.91 Å². The Morgan fingerprint density at radius 1 is 0.925 bits per heavy atom. The minimum atomic E-state index is -0.905. The first kappa shape index (κ1) is 27.1. The number of aliphatic imine (C=N–C) groups is 1. The molecule has 2 N–H and O–H groups in total. The van der Waals surface area contributed by atoms with Crippen molar-refractivity contribution in [1.29, 1.82) is 0 Å². The lowest BCUT2D eigenvalue weighted by Crippen LogP contribution is -2.34. The van der Waals surface area contributed by atoms with E-state index in [1.165, 1.54) is 18.2 Å². The number of aliphatic hydroxyl groups is 1. The molecule has 5 nitrogen and oxygen atoms in total. The first-order valence-electron chi connectivity index (χ1n) is 12.9. The number of hydrogen-bond donors (Lipinski definition) is 2. The Hall–Kier alpha value is -4.43. The molecule has 5 rings (SSSR count). The molecule has 0 unspecified atom stereocenters. The molecule has 0 fully saturated rings. The normalized spacial score (nSPS) is 16.5. The lowest BCUT2D eigenvalue weighted by molar-refractivity contribution is 0.0854.